The largest absolute Gasteiger partial charge is 0.149 e. The number of hydrogen-bond donors (Lipinski definition) is 0. The summed E-state index contributed by atoms with van der Waals surface area (Å²) in [7, 11) is 0. The van der Waals surface area contributed by atoms with E-state index in [0.717, 1.165) is 11.1 Å². The summed E-state index contributed by atoms with van der Waals surface area (Å²) in [5.74, 6) is 0. The Labute approximate surface area is 83.5 Å². The van der Waals surface area contributed by atoms with Crippen molar-refractivity contribution in [1.29, 1.82) is 0 Å². The molecule has 1 nitrogen and oxygen atoms in total. The third kappa shape index (κ3) is 1.72. The molecule has 67 valence electrons. The van der Waals surface area contributed by atoms with Crippen LogP contribution in [0.3, 0.4) is 0 Å². The first-order valence-corrected chi connectivity index (χ1v) is 4.54. The zero-order valence-electron chi connectivity index (χ0n) is 7.72. The second-order valence-corrected chi connectivity index (χ2v) is 3.08. The van der Waals surface area contributed by atoms with E-state index in [2.05, 4.69) is 0 Å². The SMILES string of the molecule is [N]=C(c1ccccc1)c1ccccc1. The Bertz CT molecular complexity index is 376. The van der Waals surface area contributed by atoms with Crippen LogP contribution in [0.1, 0.15) is 11.1 Å². The Hall–Kier alpha value is -1.89. The van der Waals surface area contributed by atoms with Crippen LogP contribution in [0.25, 0.3) is 0 Å². The molecule has 0 fully saturated rings. The fraction of sp³-hybridized carbons (Fsp3) is 0. The van der Waals surface area contributed by atoms with Gasteiger partial charge in [0.05, 0.1) is 0 Å². The highest BCUT2D eigenvalue weighted by Crippen LogP contribution is 2.07. The number of rotatable bonds is 2. The minimum absolute atomic E-state index is 0.325. The van der Waals surface area contributed by atoms with Crippen LogP contribution >= 0.6 is 0 Å². The van der Waals surface area contributed by atoms with Crippen molar-refractivity contribution in [2.75, 3.05) is 0 Å². The standard InChI is InChI=1S/C13H10N/c14-13(11-7-3-1-4-8-11)12-9-5-2-6-10-12/h1-10H. The predicted octanol–water partition coefficient (Wildman–Crippen LogP) is 2.32. The zero-order valence-corrected chi connectivity index (χ0v) is 7.72. The van der Waals surface area contributed by atoms with E-state index in [1.54, 1.807) is 0 Å². The van der Waals surface area contributed by atoms with E-state index in [1.165, 1.54) is 0 Å². The van der Waals surface area contributed by atoms with Gasteiger partial charge in [-0.15, -0.1) is 5.41 Å². The topological polar surface area (TPSA) is 22.3 Å². The molecule has 14 heavy (non-hydrogen) atoms. The highest BCUT2D eigenvalue weighted by Gasteiger charge is 2.02. The molecular formula is C13H10N. The Balaban J connectivity index is 2.35. The summed E-state index contributed by atoms with van der Waals surface area (Å²) in [6, 6.07) is 19.1. The van der Waals surface area contributed by atoms with E-state index in [4.69, 9.17) is 0 Å². The normalized spacial score (nSPS) is 9.71. The van der Waals surface area contributed by atoms with Gasteiger partial charge in [-0.05, 0) is 0 Å². The summed E-state index contributed by atoms with van der Waals surface area (Å²) in [5.41, 5.74) is 2.02. The van der Waals surface area contributed by atoms with Gasteiger partial charge in [0, 0.05) is 11.1 Å². The molecule has 0 saturated heterocycles. The Morgan fingerprint density at radius 2 is 1.00 bits per heavy atom. The lowest BCUT2D eigenvalue weighted by atomic mass is 10.0. The fourth-order valence-electron chi connectivity index (χ4n) is 1.36. The Morgan fingerprint density at radius 3 is 1.36 bits per heavy atom. The van der Waals surface area contributed by atoms with Crippen molar-refractivity contribution in [3.05, 3.63) is 71.8 Å². The lowest BCUT2D eigenvalue weighted by molar-refractivity contribution is 1.57. The van der Waals surface area contributed by atoms with Gasteiger partial charge in [-0.3, -0.25) is 0 Å². The summed E-state index contributed by atoms with van der Waals surface area (Å²) < 4.78 is 0. The van der Waals surface area contributed by atoms with Crippen molar-refractivity contribution in [3.8, 4) is 0 Å². The van der Waals surface area contributed by atoms with Crippen molar-refractivity contribution in [3.63, 3.8) is 0 Å². The molecule has 0 aromatic heterocycles. The monoisotopic (exact) mass is 180 g/mol. The molecule has 0 unspecified atom stereocenters. The van der Waals surface area contributed by atoms with Crippen LogP contribution in [0, 0.1) is 0 Å². The third-order valence-corrected chi connectivity index (χ3v) is 2.09. The van der Waals surface area contributed by atoms with E-state index < -0.39 is 0 Å². The van der Waals surface area contributed by atoms with Crippen LogP contribution in [0.5, 0.6) is 0 Å². The zero-order chi connectivity index (χ0) is 9.80. The van der Waals surface area contributed by atoms with E-state index in [9.17, 15) is 5.41 Å². The first-order valence-electron chi connectivity index (χ1n) is 4.54. The maximum atomic E-state index is 9.91. The maximum absolute atomic E-state index is 9.91. The molecule has 0 saturated carbocycles. The smallest absolute Gasteiger partial charge is 0.100 e. The van der Waals surface area contributed by atoms with Gasteiger partial charge < -0.3 is 0 Å². The Kier molecular flexibility index (Phi) is 2.41. The minimum Gasteiger partial charge on any atom is -0.149 e. The van der Waals surface area contributed by atoms with Crippen LogP contribution in [0.4, 0.5) is 0 Å². The highest BCUT2D eigenvalue weighted by molar-refractivity contribution is 6.11. The summed E-state index contributed by atoms with van der Waals surface area (Å²) in [4.78, 5) is 0. The molecule has 0 aliphatic heterocycles. The number of benzene rings is 2. The summed E-state index contributed by atoms with van der Waals surface area (Å²) >= 11 is 0. The van der Waals surface area contributed by atoms with Gasteiger partial charge in [0.2, 0.25) is 0 Å². The molecule has 0 amide bonds. The third-order valence-electron chi connectivity index (χ3n) is 2.09. The number of hydrogen-bond acceptors (Lipinski definition) is 0. The van der Waals surface area contributed by atoms with Crippen molar-refractivity contribution in [2.24, 2.45) is 0 Å². The van der Waals surface area contributed by atoms with Gasteiger partial charge in [-0.25, -0.2) is 0 Å². The highest BCUT2D eigenvalue weighted by atomic mass is 14.4. The molecule has 0 spiro atoms. The molecule has 1 radical (unpaired) electrons. The van der Waals surface area contributed by atoms with E-state index >= 15 is 0 Å². The second-order valence-electron chi connectivity index (χ2n) is 3.08. The number of nitrogens with zero attached hydrogens (tertiary/aromatic N) is 1. The van der Waals surface area contributed by atoms with Crippen molar-refractivity contribution in [2.45, 2.75) is 0 Å². The first kappa shape index (κ1) is 8.70. The van der Waals surface area contributed by atoms with E-state index in [1.807, 2.05) is 60.7 Å². The minimum atomic E-state index is 0.325. The molecule has 0 bridgehead atoms. The molecule has 2 aromatic rings. The van der Waals surface area contributed by atoms with Crippen molar-refractivity contribution in [1.82, 2.24) is 5.41 Å². The molecule has 0 heterocycles. The Morgan fingerprint density at radius 1 is 0.643 bits per heavy atom. The van der Waals surface area contributed by atoms with Crippen LogP contribution in [0.15, 0.2) is 60.7 Å². The average Bonchev–Trinajstić information content (AvgIpc) is 2.30. The van der Waals surface area contributed by atoms with Crippen LogP contribution in [-0.4, -0.2) is 5.71 Å². The van der Waals surface area contributed by atoms with Gasteiger partial charge in [0.25, 0.3) is 0 Å². The van der Waals surface area contributed by atoms with Gasteiger partial charge in [-0.2, -0.15) is 0 Å². The molecule has 0 N–H and O–H groups in total. The van der Waals surface area contributed by atoms with Crippen molar-refractivity contribution < 1.29 is 0 Å². The first-order chi connectivity index (χ1) is 6.88. The lowest BCUT2D eigenvalue weighted by Crippen LogP contribution is -2.02. The van der Waals surface area contributed by atoms with Gasteiger partial charge >= 0.3 is 0 Å². The van der Waals surface area contributed by atoms with E-state index in [0.29, 0.717) is 5.71 Å². The second kappa shape index (κ2) is 3.88. The fourth-order valence-corrected chi connectivity index (χ4v) is 1.36. The molecule has 2 aromatic carbocycles. The molecular weight excluding hydrogens is 170 g/mol. The lowest BCUT2D eigenvalue weighted by Gasteiger charge is -2.01. The van der Waals surface area contributed by atoms with Crippen LogP contribution in [0.2, 0.25) is 0 Å². The predicted molar refractivity (Wildman–Crippen MR) is 58.2 cm³/mol. The van der Waals surface area contributed by atoms with Gasteiger partial charge in [-0.1, -0.05) is 60.7 Å². The molecule has 0 aliphatic carbocycles. The quantitative estimate of drug-likeness (QED) is 0.633. The van der Waals surface area contributed by atoms with Gasteiger partial charge in [0.1, 0.15) is 5.71 Å². The van der Waals surface area contributed by atoms with Crippen LogP contribution < -0.4 is 5.41 Å². The summed E-state index contributed by atoms with van der Waals surface area (Å²) in [5, 5.41) is 9.91. The van der Waals surface area contributed by atoms with Crippen molar-refractivity contribution >= 4 is 5.71 Å². The van der Waals surface area contributed by atoms with Crippen LogP contribution in [-0.2, 0) is 0 Å². The molecule has 1 heteroatoms. The summed E-state index contributed by atoms with van der Waals surface area (Å²) in [6.07, 6.45) is 0. The van der Waals surface area contributed by atoms with E-state index in [-0.39, 0.29) is 0 Å². The molecule has 2 rings (SSSR count). The summed E-state index contributed by atoms with van der Waals surface area (Å²) in [6.45, 7) is 0. The molecule has 0 atom stereocenters. The average molecular weight is 180 g/mol. The maximum Gasteiger partial charge on any atom is 0.100 e. The van der Waals surface area contributed by atoms with Gasteiger partial charge in [0.15, 0.2) is 0 Å². The molecule has 0 aliphatic rings.